The first-order valence-electron chi connectivity index (χ1n) is 5.34. The second-order valence-corrected chi connectivity index (χ2v) is 4.15. The van der Waals surface area contributed by atoms with Gasteiger partial charge < -0.3 is 15.6 Å². The Morgan fingerprint density at radius 2 is 2.00 bits per heavy atom. The zero-order valence-electron chi connectivity index (χ0n) is 10.1. The number of nitrogens with zero attached hydrogens (tertiary/aromatic N) is 1. The van der Waals surface area contributed by atoms with Crippen LogP contribution < -0.4 is 10.5 Å². The number of benzene rings is 1. The molecule has 5 heteroatoms. The van der Waals surface area contributed by atoms with Gasteiger partial charge in [0.1, 0.15) is 18.5 Å². The Labute approximate surface area is 101 Å². The average molecular weight is 238 g/mol. The molecule has 0 aliphatic heterocycles. The molecular weight excluding hydrogens is 220 g/mol. The zero-order valence-corrected chi connectivity index (χ0v) is 10.1. The van der Waals surface area contributed by atoms with Crippen LogP contribution in [0, 0.1) is 0 Å². The highest BCUT2D eigenvalue weighted by molar-refractivity contribution is 5.73. The molecule has 17 heavy (non-hydrogen) atoms. The fraction of sp³-hybridized carbons (Fsp3) is 0.417. The van der Waals surface area contributed by atoms with Crippen LogP contribution in [0.5, 0.6) is 5.75 Å². The van der Waals surface area contributed by atoms with E-state index in [0.717, 1.165) is 11.3 Å². The summed E-state index contributed by atoms with van der Waals surface area (Å²) >= 11 is 0. The van der Waals surface area contributed by atoms with Crippen molar-refractivity contribution in [2.45, 2.75) is 12.5 Å². The number of nitrogens with two attached hydrogens (primary N) is 1. The minimum Gasteiger partial charge on any atom is -0.480 e. The van der Waals surface area contributed by atoms with E-state index in [4.69, 9.17) is 15.6 Å². The molecule has 1 atom stereocenters. The summed E-state index contributed by atoms with van der Waals surface area (Å²) in [4.78, 5) is 12.5. The summed E-state index contributed by atoms with van der Waals surface area (Å²) in [6.07, 6.45) is 0.323. The molecule has 0 fully saturated rings. The van der Waals surface area contributed by atoms with Crippen molar-refractivity contribution in [3.05, 3.63) is 29.8 Å². The van der Waals surface area contributed by atoms with Gasteiger partial charge in [0.2, 0.25) is 0 Å². The van der Waals surface area contributed by atoms with Crippen LogP contribution >= 0.6 is 0 Å². The van der Waals surface area contributed by atoms with Gasteiger partial charge in [0.25, 0.3) is 0 Å². The molecule has 0 spiro atoms. The van der Waals surface area contributed by atoms with Gasteiger partial charge in [-0.2, -0.15) is 0 Å². The second-order valence-electron chi connectivity index (χ2n) is 4.15. The maximum Gasteiger partial charge on any atom is 0.320 e. The summed E-state index contributed by atoms with van der Waals surface area (Å²) in [5.74, 6) is -0.232. The lowest BCUT2D eigenvalue weighted by atomic mass is 10.1. The fourth-order valence-electron chi connectivity index (χ4n) is 1.27. The van der Waals surface area contributed by atoms with E-state index in [1.807, 2.05) is 43.3 Å². The number of carboxylic acids is 1. The minimum absolute atomic E-state index is 0.323. The van der Waals surface area contributed by atoms with Crippen molar-refractivity contribution >= 4 is 5.97 Å². The molecule has 0 saturated heterocycles. The highest BCUT2D eigenvalue weighted by atomic mass is 16.5. The molecular formula is C12H18N2O3. The first-order valence-corrected chi connectivity index (χ1v) is 5.34. The number of ether oxygens (including phenoxy) is 1. The molecule has 0 aliphatic carbocycles. The third kappa shape index (κ3) is 4.84. The largest absolute Gasteiger partial charge is 0.480 e. The predicted octanol–water partition coefficient (Wildman–Crippen LogP) is 0.539. The Hall–Kier alpha value is -1.59. The Morgan fingerprint density at radius 1 is 1.41 bits per heavy atom. The quantitative estimate of drug-likeness (QED) is 0.707. The Balaban J connectivity index is 2.53. The van der Waals surface area contributed by atoms with Crippen LogP contribution in [0.3, 0.4) is 0 Å². The first kappa shape index (κ1) is 13.5. The maximum absolute atomic E-state index is 10.6. The third-order valence-corrected chi connectivity index (χ3v) is 2.19. The molecule has 3 N–H and O–H groups in total. The number of carboxylic acid groups (broad SMARTS) is 1. The van der Waals surface area contributed by atoms with Crippen LogP contribution in [-0.2, 0) is 11.2 Å². The normalized spacial score (nSPS) is 12.5. The summed E-state index contributed by atoms with van der Waals surface area (Å²) in [7, 11) is 3.83. The van der Waals surface area contributed by atoms with E-state index in [1.54, 1.807) is 0 Å². The number of carbonyl (C=O) groups is 1. The molecule has 1 aromatic rings. The van der Waals surface area contributed by atoms with Crippen LogP contribution in [-0.4, -0.2) is 42.8 Å². The van der Waals surface area contributed by atoms with Crippen LogP contribution in [0.1, 0.15) is 5.56 Å². The number of rotatable bonds is 6. The molecule has 5 nitrogen and oxygen atoms in total. The Bertz CT molecular complexity index is 363. The Kier molecular flexibility index (Phi) is 4.93. The SMILES string of the molecule is CN(C)COc1ccc(C[C@H](N)C(=O)O)cc1. The third-order valence-electron chi connectivity index (χ3n) is 2.19. The molecule has 0 amide bonds. The molecule has 94 valence electrons. The van der Waals surface area contributed by atoms with E-state index in [-0.39, 0.29) is 0 Å². The second kappa shape index (κ2) is 6.22. The van der Waals surface area contributed by atoms with Crippen LogP contribution in [0.4, 0.5) is 0 Å². The van der Waals surface area contributed by atoms with Crippen molar-refractivity contribution < 1.29 is 14.6 Å². The van der Waals surface area contributed by atoms with Gasteiger partial charge in [-0.05, 0) is 38.2 Å². The predicted molar refractivity (Wildman–Crippen MR) is 64.9 cm³/mol. The molecule has 0 heterocycles. The van der Waals surface area contributed by atoms with E-state index in [0.29, 0.717) is 13.2 Å². The van der Waals surface area contributed by atoms with Crippen LogP contribution in [0.2, 0.25) is 0 Å². The van der Waals surface area contributed by atoms with Crippen molar-refractivity contribution in [1.29, 1.82) is 0 Å². The lowest BCUT2D eigenvalue weighted by molar-refractivity contribution is -0.138. The van der Waals surface area contributed by atoms with E-state index in [1.165, 1.54) is 0 Å². The molecule has 1 aromatic carbocycles. The highest BCUT2D eigenvalue weighted by Gasteiger charge is 2.11. The van der Waals surface area contributed by atoms with Gasteiger partial charge in [-0.15, -0.1) is 0 Å². The zero-order chi connectivity index (χ0) is 12.8. The molecule has 1 rings (SSSR count). The van der Waals surface area contributed by atoms with Crippen LogP contribution in [0.15, 0.2) is 24.3 Å². The molecule has 0 unspecified atom stereocenters. The molecule has 0 aliphatic rings. The molecule has 0 aromatic heterocycles. The van der Waals surface area contributed by atoms with E-state index < -0.39 is 12.0 Å². The summed E-state index contributed by atoms with van der Waals surface area (Å²) in [6, 6.07) is 6.42. The van der Waals surface area contributed by atoms with E-state index in [9.17, 15) is 4.79 Å². The summed E-state index contributed by atoms with van der Waals surface area (Å²) < 4.78 is 5.45. The van der Waals surface area contributed by atoms with Crippen molar-refractivity contribution in [3.63, 3.8) is 0 Å². The van der Waals surface area contributed by atoms with E-state index in [2.05, 4.69) is 0 Å². The van der Waals surface area contributed by atoms with E-state index >= 15 is 0 Å². The van der Waals surface area contributed by atoms with Gasteiger partial charge in [0, 0.05) is 0 Å². The van der Waals surface area contributed by atoms with Gasteiger partial charge >= 0.3 is 5.97 Å². The smallest absolute Gasteiger partial charge is 0.320 e. The lowest BCUT2D eigenvalue weighted by Gasteiger charge is -2.12. The van der Waals surface area contributed by atoms with Gasteiger partial charge in [-0.3, -0.25) is 9.69 Å². The summed E-state index contributed by atoms with van der Waals surface area (Å²) in [6.45, 7) is 0.508. The van der Waals surface area contributed by atoms with Gasteiger partial charge in [-0.25, -0.2) is 0 Å². The topological polar surface area (TPSA) is 75.8 Å². The standard InChI is InChI=1S/C12H18N2O3/c1-14(2)8-17-10-5-3-9(4-6-10)7-11(13)12(15)16/h3-6,11H,7-8,13H2,1-2H3,(H,15,16)/t11-/m0/s1. The number of hydrogen-bond acceptors (Lipinski definition) is 4. The molecule has 0 bridgehead atoms. The number of aliphatic carboxylic acids is 1. The van der Waals surface area contributed by atoms with Crippen molar-refractivity contribution in [2.24, 2.45) is 5.73 Å². The summed E-state index contributed by atoms with van der Waals surface area (Å²) in [5, 5.41) is 8.69. The average Bonchev–Trinajstić information content (AvgIpc) is 2.28. The number of hydrogen-bond donors (Lipinski definition) is 2. The van der Waals surface area contributed by atoms with Crippen molar-refractivity contribution in [2.75, 3.05) is 20.8 Å². The monoisotopic (exact) mass is 238 g/mol. The molecule has 0 radical (unpaired) electrons. The summed E-state index contributed by atoms with van der Waals surface area (Å²) in [5.41, 5.74) is 6.33. The maximum atomic E-state index is 10.6. The minimum atomic E-state index is -0.988. The highest BCUT2D eigenvalue weighted by Crippen LogP contribution is 2.13. The van der Waals surface area contributed by atoms with Gasteiger partial charge in [0.15, 0.2) is 0 Å². The Morgan fingerprint density at radius 3 is 2.47 bits per heavy atom. The van der Waals surface area contributed by atoms with Gasteiger partial charge in [0.05, 0.1) is 0 Å². The molecule has 0 saturated carbocycles. The first-order chi connectivity index (χ1) is 7.99. The van der Waals surface area contributed by atoms with Gasteiger partial charge in [-0.1, -0.05) is 12.1 Å². The van der Waals surface area contributed by atoms with Crippen LogP contribution in [0.25, 0.3) is 0 Å². The lowest BCUT2D eigenvalue weighted by Crippen LogP contribution is -2.32. The fourth-order valence-corrected chi connectivity index (χ4v) is 1.27. The van der Waals surface area contributed by atoms with Crippen molar-refractivity contribution in [1.82, 2.24) is 4.90 Å². The van der Waals surface area contributed by atoms with Crippen molar-refractivity contribution in [3.8, 4) is 5.75 Å².